The fourth-order valence-corrected chi connectivity index (χ4v) is 3.32. The lowest BCUT2D eigenvalue weighted by Gasteiger charge is -2.37. The molecule has 5 nitrogen and oxygen atoms in total. The van der Waals surface area contributed by atoms with Crippen molar-refractivity contribution in [3.63, 3.8) is 0 Å². The Morgan fingerprint density at radius 1 is 1.40 bits per heavy atom. The third kappa shape index (κ3) is 2.90. The van der Waals surface area contributed by atoms with E-state index >= 15 is 0 Å². The second-order valence-electron chi connectivity index (χ2n) is 5.64. The van der Waals surface area contributed by atoms with Crippen LogP contribution in [-0.2, 0) is 4.79 Å². The maximum absolute atomic E-state index is 12.3. The van der Waals surface area contributed by atoms with Crippen LogP contribution in [0.25, 0.3) is 0 Å². The Bertz CT molecular complexity index is 539. The number of thioether (sulfide) groups is 1. The zero-order valence-electron chi connectivity index (χ0n) is 11.7. The van der Waals surface area contributed by atoms with Crippen molar-refractivity contribution in [3.05, 3.63) is 24.3 Å². The highest BCUT2D eigenvalue weighted by Gasteiger charge is 2.38. The third-order valence-electron chi connectivity index (χ3n) is 3.08. The fourth-order valence-electron chi connectivity index (χ4n) is 2.24. The van der Waals surface area contributed by atoms with Gasteiger partial charge in [0, 0.05) is 16.2 Å². The first-order valence-electron chi connectivity index (χ1n) is 6.35. The number of amides is 2. The van der Waals surface area contributed by atoms with Crippen molar-refractivity contribution in [2.75, 3.05) is 11.1 Å². The van der Waals surface area contributed by atoms with Crippen LogP contribution in [-0.4, -0.2) is 39.3 Å². The monoisotopic (exact) mass is 294 g/mol. The molecule has 0 saturated carbocycles. The van der Waals surface area contributed by atoms with Gasteiger partial charge in [0.2, 0.25) is 5.91 Å². The van der Waals surface area contributed by atoms with E-state index in [9.17, 15) is 14.7 Å². The second kappa shape index (κ2) is 5.36. The molecule has 1 unspecified atom stereocenters. The van der Waals surface area contributed by atoms with E-state index in [-0.39, 0.29) is 5.91 Å². The Hall–Kier alpha value is -1.69. The smallest absolute Gasteiger partial charge is 0.408 e. The summed E-state index contributed by atoms with van der Waals surface area (Å²) < 4.78 is 0. The van der Waals surface area contributed by atoms with Gasteiger partial charge in [0.25, 0.3) is 0 Å². The third-order valence-corrected chi connectivity index (χ3v) is 4.23. The summed E-state index contributed by atoms with van der Waals surface area (Å²) in [6.07, 6.45) is -1.08. The first-order valence-corrected chi connectivity index (χ1v) is 7.34. The van der Waals surface area contributed by atoms with Crippen LogP contribution in [0.4, 0.5) is 10.5 Å². The van der Waals surface area contributed by atoms with Gasteiger partial charge in [-0.05, 0) is 32.9 Å². The van der Waals surface area contributed by atoms with Crippen LogP contribution in [0.1, 0.15) is 20.8 Å². The van der Waals surface area contributed by atoms with Gasteiger partial charge in [0.1, 0.15) is 6.04 Å². The molecule has 0 radical (unpaired) electrons. The number of carbonyl (C=O) groups is 2. The molecule has 108 valence electrons. The molecule has 6 heteroatoms. The summed E-state index contributed by atoms with van der Waals surface area (Å²) in [5, 5.41) is 12.2. The summed E-state index contributed by atoms with van der Waals surface area (Å²) in [7, 11) is 0. The topological polar surface area (TPSA) is 69.6 Å². The van der Waals surface area contributed by atoms with Crippen LogP contribution >= 0.6 is 11.8 Å². The van der Waals surface area contributed by atoms with Crippen molar-refractivity contribution in [1.29, 1.82) is 0 Å². The number of nitrogens with zero attached hydrogens (tertiary/aromatic N) is 1. The van der Waals surface area contributed by atoms with Crippen molar-refractivity contribution >= 4 is 29.4 Å². The van der Waals surface area contributed by atoms with Crippen LogP contribution in [0, 0.1) is 0 Å². The molecule has 1 aliphatic rings. The molecule has 0 spiro atoms. The minimum atomic E-state index is -1.08. The van der Waals surface area contributed by atoms with Crippen LogP contribution in [0.2, 0.25) is 0 Å². The van der Waals surface area contributed by atoms with Crippen molar-refractivity contribution in [2.45, 2.75) is 37.2 Å². The number of para-hydroxylation sites is 1. The zero-order valence-corrected chi connectivity index (χ0v) is 12.5. The Morgan fingerprint density at radius 3 is 2.65 bits per heavy atom. The molecule has 2 rings (SSSR count). The summed E-state index contributed by atoms with van der Waals surface area (Å²) in [4.78, 5) is 26.0. The maximum atomic E-state index is 12.3. The highest BCUT2D eigenvalue weighted by atomic mass is 32.2. The standard InChI is InChI=1S/C14H18N2O3S/c1-14(2,3)16(13(18)19)10-8-20-11-7-5-4-6-9(11)15-12(10)17/h4-7,10H,8H2,1-3H3,(H,15,17)(H,18,19). The molecule has 1 heterocycles. The summed E-state index contributed by atoms with van der Waals surface area (Å²) in [6, 6.07) is 6.79. The van der Waals surface area contributed by atoms with Gasteiger partial charge in [0.15, 0.2) is 0 Å². The Balaban J connectivity index is 2.31. The molecule has 0 aromatic heterocycles. The summed E-state index contributed by atoms with van der Waals surface area (Å²) >= 11 is 1.49. The van der Waals surface area contributed by atoms with Gasteiger partial charge in [-0.15, -0.1) is 11.8 Å². The lowest BCUT2D eigenvalue weighted by Crippen LogP contribution is -2.56. The van der Waals surface area contributed by atoms with Crippen molar-refractivity contribution < 1.29 is 14.7 Å². The van der Waals surface area contributed by atoms with E-state index in [0.717, 1.165) is 10.6 Å². The predicted molar refractivity (Wildman–Crippen MR) is 79.2 cm³/mol. The number of rotatable bonds is 1. The molecule has 2 amide bonds. The van der Waals surface area contributed by atoms with Crippen molar-refractivity contribution in [2.24, 2.45) is 0 Å². The molecule has 0 bridgehead atoms. The normalized spacial score (nSPS) is 18.8. The van der Waals surface area contributed by atoms with Gasteiger partial charge in [-0.3, -0.25) is 9.69 Å². The molecule has 1 atom stereocenters. The molecule has 0 aliphatic carbocycles. The summed E-state index contributed by atoms with van der Waals surface area (Å²) in [6.45, 7) is 5.37. The number of hydrogen-bond acceptors (Lipinski definition) is 3. The van der Waals surface area contributed by atoms with Gasteiger partial charge in [0.05, 0.1) is 5.69 Å². The Labute approximate surface area is 122 Å². The largest absolute Gasteiger partial charge is 0.465 e. The summed E-state index contributed by atoms with van der Waals surface area (Å²) in [5.41, 5.74) is 0.106. The molecule has 1 aromatic rings. The average molecular weight is 294 g/mol. The number of anilines is 1. The second-order valence-corrected chi connectivity index (χ2v) is 6.70. The van der Waals surface area contributed by atoms with E-state index in [1.54, 1.807) is 20.8 Å². The maximum Gasteiger partial charge on any atom is 0.408 e. The lowest BCUT2D eigenvalue weighted by atomic mass is 10.0. The van der Waals surface area contributed by atoms with Gasteiger partial charge in [-0.1, -0.05) is 12.1 Å². The van der Waals surface area contributed by atoms with Gasteiger partial charge in [-0.2, -0.15) is 0 Å². The van der Waals surface area contributed by atoms with E-state index < -0.39 is 17.7 Å². The molecule has 1 aromatic carbocycles. The number of nitrogens with one attached hydrogen (secondary N) is 1. The number of carbonyl (C=O) groups excluding carboxylic acids is 1. The molecule has 1 aliphatic heterocycles. The van der Waals surface area contributed by atoms with E-state index in [1.165, 1.54) is 16.7 Å². The number of hydrogen-bond donors (Lipinski definition) is 2. The minimum absolute atomic E-state index is 0.278. The highest BCUT2D eigenvalue weighted by Crippen LogP contribution is 2.33. The molecule has 20 heavy (non-hydrogen) atoms. The minimum Gasteiger partial charge on any atom is -0.465 e. The van der Waals surface area contributed by atoms with E-state index in [2.05, 4.69) is 5.32 Å². The predicted octanol–water partition coefficient (Wildman–Crippen LogP) is 2.88. The zero-order chi connectivity index (χ0) is 14.9. The van der Waals surface area contributed by atoms with E-state index in [4.69, 9.17) is 0 Å². The first kappa shape index (κ1) is 14.7. The first-order chi connectivity index (χ1) is 9.30. The highest BCUT2D eigenvalue weighted by molar-refractivity contribution is 7.99. The number of carboxylic acid groups (broad SMARTS) is 1. The van der Waals surface area contributed by atoms with Crippen molar-refractivity contribution in [1.82, 2.24) is 4.90 Å². The molecule has 2 N–H and O–H groups in total. The Kier molecular flexibility index (Phi) is 3.94. The van der Waals surface area contributed by atoms with Gasteiger partial charge >= 0.3 is 6.09 Å². The van der Waals surface area contributed by atoms with Crippen LogP contribution < -0.4 is 5.32 Å². The van der Waals surface area contributed by atoms with Gasteiger partial charge < -0.3 is 10.4 Å². The van der Waals surface area contributed by atoms with E-state index in [1.807, 2.05) is 24.3 Å². The molecular formula is C14H18N2O3S. The molecule has 0 saturated heterocycles. The summed E-state index contributed by atoms with van der Waals surface area (Å²) in [5.74, 6) is 0.131. The average Bonchev–Trinajstić information content (AvgIpc) is 2.47. The number of fused-ring (bicyclic) bond motifs is 1. The Morgan fingerprint density at radius 2 is 2.05 bits per heavy atom. The fraction of sp³-hybridized carbons (Fsp3) is 0.429. The van der Waals surface area contributed by atoms with Crippen LogP contribution in [0.3, 0.4) is 0 Å². The van der Waals surface area contributed by atoms with Gasteiger partial charge in [-0.25, -0.2) is 4.79 Å². The SMILES string of the molecule is CC(C)(C)N(C(=O)O)C1CSc2ccccc2NC1=O. The van der Waals surface area contributed by atoms with Crippen LogP contribution in [0.5, 0.6) is 0 Å². The van der Waals surface area contributed by atoms with Crippen LogP contribution in [0.15, 0.2) is 29.2 Å². The number of benzene rings is 1. The quantitative estimate of drug-likeness (QED) is 0.835. The van der Waals surface area contributed by atoms with Crippen molar-refractivity contribution in [3.8, 4) is 0 Å². The molecule has 0 fully saturated rings. The molecular weight excluding hydrogens is 276 g/mol. The van der Waals surface area contributed by atoms with E-state index in [0.29, 0.717) is 5.75 Å². The lowest BCUT2D eigenvalue weighted by molar-refractivity contribution is -0.121.